The molecule has 11 nitrogen and oxygen atoms in total. The van der Waals surface area contributed by atoms with E-state index < -0.39 is 0 Å². The SMILES string of the molecule is COc1ccc(CN(c2nc(Nc3cc(C#N)cc(NCCCO)c3Cl)nn3c(C#N)cnc23)C2CC2)cc1. The van der Waals surface area contributed by atoms with Crippen molar-refractivity contribution in [3.63, 3.8) is 0 Å². The number of nitrogens with one attached hydrogen (secondary N) is 2. The van der Waals surface area contributed by atoms with Crippen molar-refractivity contribution < 1.29 is 9.84 Å². The molecule has 198 valence electrons. The molecule has 0 spiro atoms. The zero-order valence-electron chi connectivity index (χ0n) is 21.2. The molecule has 2 aromatic carbocycles. The van der Waals surface area contributed by atoms with Gasteiger partial charge in [0, 0.05) is 25.7 Å². The maximum atomic E-state index is 9.69. The van der Waals surface area contributed by atoms with E-state index in [0.29, 0.717) is 52.9 Å². The van der Waals surface area contributed by atoms with Crippen LogP contribution in [0.5, 0.6) is 5.75 Å². The number of benzene rings is 2. The number of nitriles is 2. The van der Waals surface area contributed by atoms with Gasteiger partial charge in [-0.1, -0.05) is 23.7 Å². The molecule has 4 aromatic rings. The quantitative estimate of drug-likeness (QED) is 0.235. The Balaban J connectivity index is 1.55. The molecule has 1 saturated carbocycles. The molecule has 3 N–H and O–H groups in total. The third-order valence-electron chi connectivity index (χ3n) is 6.33. The van der Waals surface area contributed by atoms with E-state index in [2.05, 4.69) is 37.8 Å². The van der Waals surface area contributed by atoms with Gasteiger partial charge >= 0.3 is 0 Å². The number of ether oxygens (including phenoxy) is 1. The second kappa shape index (κ2) is 11.4. The Bertz CT molecular complexity index is 1570. The number of fused-ring (bicyclic) bond motifs is 1. The number of anilines is 4. The third-order valence-corrected chi connectivity index (χ3v) is 6.74. The minimum atomic E-state index is 0.0322. The summed E-state index contributed by atoms with van der Waals surface area (Å²) in [5, 5.41) is 39.5. The van der Waals surface area contributed by atoms with E-state index in [4.69, 9.17) is 26.4 Å². The number of halogens is 1. The van der Waals surface area contributed by atoms with Gasteiger partial charge in [-0.3, -0.25) is 0 Å². The zero-order valence-corrected chi connectivity index (χ0v) is 22.0. The fraction of sp³-hybridized carbons (Fsp3) is 0.296. The second-order valence-electron chi connectivity index (χ2n) is 9.08. The van der Waals surface area contributed by atoms with Crippen LogP contribution in [0.25, 0.3) is 5.65 Å². The van der Waals surface area contributed by atoms with Crippen molar-refractivity contribution in [1.29, 1.82) is 10.5 Å². The summed E-state index contributed by atoms with van der Waals surface area (Å²) < 4.78 is 6.76. The van der Waals surface area contributed by atoms with Crippen LogP contribution in [0.4, 0.5) is 23.1 Å². The molecule has 0 bridgehead atoms. The summed E-state index contributed by atoms with van der Waals surface area (Å²) in [6, 6.07) is 15.7. The van der Waals surface area contributed by atoms with Crippen LogP contribution in [0, 0.1) is 22.7 Å². The predicted molar refractivity (Wildman–Crippen MR) is 147 cm³/mol. The zero-order chi connectivity index (χ0) is 27.4. The number of methoxy groups -OCH3 is 1. The van der Waals surface area contributed by atoms with Crippen LogP contribution in [0.2, 0.25) is 5.02 Å². The Labute approximate surface area is 230 Å². The van der Waals surface area contributed by atoms with Crippen molar-refractivity contribution in [2.24, 2.45) is 0 Å². The van der Waals surface area contributed by atoms with Gasteiger partial charge in [-0.05, 0) is 49.1 Å². The summed E-state index contributed by atoms with van der Waals surface area (Å²) in [5.41, 5.74) is 3.17. The molecule has 1 fully saturated rings. The summed E-state index contributed by atoms with van der Waals surface area (Å²) in [4.78, 5) is 11.5. The van der Waals surface area contributed by atoms with E-state index in [9.17, 15) is 10.5 Å². The van der Waals surface area contributed by atoms with Crippen molar-refractivity contribution in [1.82, 2.24) is 19.6 Å². The number of rotatable bonds is 11. The van der Waals surface area contributed by atoms with Gasteiger partial charge in [0.2, 0.25) is 5.95 Å². The van der Waals surface area contributed by atoms with E-state index in [1.165, 1.54) is 10.7 Å². The Morgan fingerprint density at radius 3 is 2.62 bits per heavy atom. The monoisotopic (exact) mass is 543 g/mol. The standard InChI is InChI=1S/C27H26ClN9O2/c1-39-21-7-3-17(4-8-21)16-36(19-5-6-19)26-25-32-15-20(14-30)37(25)35-27(34-26)33-23-12-18(13-29)11-22(24(23)28)31-9-2-10-38/h3-4,7-8,11-12,15,19,31,38H,2,5-6,9-10,16H2,1H3,(H,33,35). The number of aliphatic hydroxyl groups excluding tert-OH is 1. The molecule has 2 heterocycles. The molecule has 0 aliphatic heterocycles. The molecule has 0 atom stereocenters. The third kappa shape index (κ3) is 5.65. The minimum absolute atomic E-state index is 0.0322. The van der Waals surface area contributed by atoms with E-state index >= 15 is 0 Å². The maximum Gasteiger partial charge on any atom is 0.247 e. The Morgan fingerprint density at radius 2 is 1.95 bits per heavy atom. The Kier molecular flexibility index (Phi) is 7.64. The average molecular weight is 544 g/mol. The number of aromatic nitrogens is 4. The van der Waals surface area contributed by atoms with E-state index in [1.807, 2.05) is 24.3 Å². The van der Waals surface area contributed by atoms with Crippen LogP contribution in [0.1, 0.15) is 36.1 Å². The van der Waals surface area contributed by atoms with E-state index in [1.54, 1.807) is 19.2 Å². The number of aliphatic hydroxyl groups is 1. The lowest BCUT2D eigenvalue weighted by Gasteiger charge is -2.24. The molecule has 39 heavy (non-hydrogen) atoms. The molecule has 5 rings (SSSR count). The van der Waals surface area contributed by atoms with Crippen LogP contribution in [-0.2, 0) is 6.54 Å². The predicted octanol–water partition coefficient (Wildman–Crippen LogP) is 4.24. The summed E-state index contributed by atoms with van der Waals surface area (Å²) in [6.45, 7) is 1.10. The number of hydrogen-bond donors (Lipinski definition) is 3. The Hall–Kier alpha value is -4.58. The lowest BCUT2D eigenvalue weighted by atomic mass is 10.2. The second-order valence-corrected chi connectivity index (χ2v) is 9.46. The van der Waals surface area contributed by atoms with Crippen molar-refractivity contribution in [3.05, 3.63) is 64.4 Å². The highest BCUT2D eigenvalue weighted by molar-refractivity contribution is 6.36. The topological polar surface area (TPSA) is 147 Å². The first-order valence-electron chi connectivity index (χ1n) is 12.5. The summed E-state index contributed by atoms with van der Waals surface area (Å²) in [6.07, 6.45) is 4.03. The molecule has 2 aromatic heterocycles. The summed E-state index contributed by atoms with van der Waals surface area (Å²) in [5.74, 6) is 1.56. The van der Waals surface area contributed by atoms with Crippen molar-refractivity contribution in [2.45, 2.75) is 31.8 Å². The van der Waals surface area contributed by atoms with Crippen molar-refractivity contribution in [3.8, 4) is 17.9 Å². The molecule has 0 radical (unpaired) electrons. The highest BCUT2D eigenvalue weighted by Crippen LogP contribution is 2.37. The maximum absolute atomic E-state index is 9.69. The van der Waals surface area contributed by atoms with Crippen molar-refractivity contribution >= 4 is 40.4 Å². The number of nitrogens with zero attached hydrogens (tertiary/aromatic N) is 7. The van der Waals surface area contributed by atoms with Crippen LogP contribution in [0.3, 0.4) is 0 Å². The summed E-state index contributed by atoms with van der Waals surface area (Å²) >= 11 is 6.67. The Morgan fingerprint density at radius 1 is 1.18 bits per heavy atom. The fourth-order valence-electron chi connectivity index (χ4n) is 4.21. The van der Waals surface area contributed by atoms with Gasteiger partial charge < -0.3 is 25.4 Å². The molecule has 0 unspecified atom stereocenters. The lowest BCUT2D eigenvalue weighted by molar-refractivity contribution is 0.292. The first-order valence-corrected chi connectivity index (χ1v) is 12.8. The molecule has 0 saturated heterocycles. The van der Waals surface area contributed by atoms with Crippen LogP contribution in [-0.4, -0.2) is 51.0 Å². The smallest absolute Gasteiger partial charge is 0.247 e. The van der Waals surface area contributed by atoms with Gasteiger partial charge in [-0.15, -0.1) is 5.10 Å². The minimum Gasteiger partial charge on any atom is -0.497 e. The largest absolute Gasteiger partial charge is 0.497 e. The van der Waals surface area contributed by atoms with Crippen LogP contribution < -0.4 is 20.3 Å². The van der Waals surface area contributed by atoms with E-state index in [0.717, 1.165) is 24.2 Å². The molecule has 12 heteroatoms. The molecule has 0 amide bonds. The molecule has 1 aliphatic carbocycles. The van der Waals surface area contributed by atoms with Gasteiger partial charge in [-0.2, -0.15) is 20.0 Å². The average Bonchev–Trinajstić information content (AvgIpc) is 3.72. The fourth-order valence-corrected chi connectivity index (χ4v) is 4.43. The first-order chi connectivity index (χ1) is 19.0. The molecular formula is C27H26ClN9O2. The van der Waals surface area contributed by atoms with Gasteiger partial charge in [0.25, 0.3) is 0 Å². The lowest BCUT2D eigenvalue weighted by Crippen LogP contribution is -2.27. The normalized spacial score (nSPS) is 12.5. The summed E-state index contributed by atoms with van der Waals surface area (Å²) in [7, 11) is 1.63. The van der Waals surface area contributed by atoms with Gasteiger partial charge in [0.1, 0.15) is 11.8 Å². The van der Waals surface area contributed by atoms with Gasteiger partial charge in [0.15, 0.2) is 17.2 Å². The molecule has 1 aliphatic rings. The molecular weight excluding hydrogens is 518 g/mol. The van der Waals surface area contributed by atoms with Gasteiger partial charge in [-0.25, -0.2) is 4.98 Å². The first kappa shape index (κ1) is 26.0. The highest BCUT2D eigenvalue weighted by atomic mass is 35.5. The van der Waals surface area contributed by atoms with Crippen LogP contribution in [0.15, 0.2) is 42.6 Å². The number of imidazole rings is 1. The van der Waals surface area contributed by atoms with E-state index in [-0.39, 0.29) is 24.3 Å². The number of hydrogen-bond acceptors (Lipinski definition) is 10. The van der Waals surface area contributed by atoms with Gasteiger partial charge in [0.05, 0.1) is 41.3 Å². The van der Waals surface area contributed by atoms with Crippen LogP contribution >= 0.6 is 11.6 Å². The highest BCUT2D eigenvalue weighted by Gasteiger charge is 2.33. The van der Waals surface area contributed by atoms with Crippen molar-refractivity contribution in [2.75, 3.05) is 35.8 Å².